The van der Waals surface area contributed by atoms with Crippen molar-refractivity contribution in [3.05, 3.63) is 29.8 Å². The zero-order chi connectivity index (χ0) is 14.1. The van der Waals surface area contributed by atoms with Crippen molar-refractivity contribution >= 4 is 17.6 Å². The van der Waals surface area contributed by atoms with Crippen LogP contribution in [0.15, 0.2) is 24.3 Å². The van der Waals surface area contributed by atoms with Gasteiger partial charge in [-0.3, -0.25) is 9.59 Å². The van der Waals surface area contributed by atoms with Crippen LogP contribution in [0, 0.1) is 5.92 Å². The average Bonchev–Trinajstić information content (AvgIpc) is 2.72. The van der Waals surface area contributed by atoms with Gasteiger partial charge in [-0.1, -0.05) is 24.6 Å². The molecule has 0 radical (unpaired) electrons. The minimum Gasteiger partial charge on any atom is -0.481 e. The van der Waals surface area contributed by atoms with Crippen molar-refractivity contribution in [3.8, 4) is 0 Å². The minimum absolute atomic E-state index is 0.0750. The lowest BCUT2D eigenvalue weighted by Gasteiger charge is -2.27. The van der Waals surface area contributed by atoms with Crippen molar-refractivity contribution < 1.29 is 14.7 Å². The van der Waals surface area contributed by atoms with Gasteiger partial charge in [0.15, 0.2) is 0 Å². The van der Waals surface area contributed by atoms with Crippen molar-refractivity contribution in [1.82, 2.24) is 0 Å². The summed E-state index contributed by atoms with van der Waals surface area (Å²) in [5.41, 5.74) is 1.90. The van der Waals surface area contributed by atoms with Gasteiger partial charge >= 0.3 is 5.97 Å². The van der Waals surface area contributed by atoms with E-state index < -0.39 is 5.97 Å². The van der Waals surface area contributed by atoms with Gasteiger partial charge in [0.25, 0.3) is 0 Å². The quantitative estimate of drug-likeness (QED) is 0.917. The van der Waals surface area contributed by atoms with E-state index in [0.29, 0.717) is 18.9 Å². The van der Waals surface area contributed by atoms with Crippen LogP contribution in [0.5, 0.6) is 0 Å². The number of anilines is 1. The summed E-state index contributed by atoms with van der Waals surface area (Å²) in [6.07, 6.45) is 4.23. The number of hydrogen-bond donors (Lipinski definition) is 1. The van der Waals surface area contributed by atoms with Gasteiger partial charge < -0.3 is 10.0 Å². The van der Waals surface area contributed by atoms with Crippen molar-refractivity contribution in [2.45, 2.75) is 38.0 Å². The largest absolute Gasteiger partial charge is 0.481 e. The molecule has 1 aliphatic carbocycles. The van der Waals surface area contributed by atoms with Crippen LogP contribution >= 0.6 is 0 Å². The number of nitrogens with zero attached hydrogens (tertiary/aromatic N) is 1. The maximum absolute atomic E-state index is 12.4. The first-order valence-corrected chi connectivity index (χ1v) is 7.26. The van der Waals surface area contributed by atoms with Crippen LogP contribution in [0.2, 0.25) is 0 Å². The molecule has 1 aromatic rings. The van der Waals surface area contributed by atoms with E-state index in [1.165, 1.54) is 6.42 Å². The maximum Gasteiger partial charge on any atom is 0.304 e. The second-order valence-corrected chi connectivity index (χ2v) is 5.86. The summed E-state index contributed by atoms with van der Waals surface area (Å²) in [7, 11) is 0. The number of carbonyl (C=O) groups is 2. The predicted octanol–water partition coefficient (Wildman–Crippen LogP) is 2.78. The monoisotopic (exact) mass is 273 g/mol. The molecule has 0 bridgehead atoms. The summed E-state index contributed by atoms with van der Waals surface area (Å²) in [6, 6.07) is 7.69. The molecule has 1 saturated carbocycles. The molecule has 2 aliphatic rings. The van der Waals surface area contributed by atoms with Gasteiger partial charge in [0.2, 0.25) is 5.91 Å². The van der Waals surface area contributed by atoms with Crippen LogP contribution in [0.1, 0.15) is 43.6 Å². The summed E-state index contributed by atoms with van der Waals surface area (Å²) in [5, 5.41) is 9.01. The number of amides is 1. The van der Waals surface area contributed by atoms with E-state index in [9.17, 15) is 9.59 Å². The van der Waals surface area contributed by atoms with Gasteiger partial charge in [-0.25, -0.2) is 0 Å². The Morgan fingerprint density at radius 1 is 1.20 bits per heavy atom. The molecule has 106 valence electrons. The molecule has 4 nitrogen and oxygen atoms in total. The summed E-state index contributed by atoms with van der Waals surface area (Å²) in [5.74, 6) is -0.199. The first-order chi connectivity index (χ1) is 9.65. The molecule has 1 heterocycles. The Morgan fingerprint density at radius 3 is 2.60 bits per heavy atom. The van der Waals surface area contributed by atoms with Crippen LogP contribution in [-0.2, 0) is 9.59 Å². The summed E-state index contributed by atoms with van der Waals surface area (Å²) in [4.78, 5) is 25.2. The number of para-hydroxylation sites is 1. The highest BCUT2D eigenvalue weighted by atomic mass is 16.4. The van der Waals surface area contributed by atoms with Crippen molar-refractivity contribution in [2.75, 3.05) is 11.4 Å². The Labute approximate surface area is 118 Å². The maximum atomic E-state index is 12.4. The highest BCUT2D eigenvalue weighted by Gasteiger charge is 2.34. The van der Waals surface area contributed by atoms with E-state index >= 15 is 0 Å². The first kappa shape index (κ1) is 13.2. The van der Waals surface area contributed by atoms with Crippen LogP contribution in [0.25, 0.3) is 0 Å². The van der Waals surface area contributed by atoms with Gasteiger partial charge in [0.1, 0.15) is 0 Å². The fraction of sp³-hybridized carbons (Fsp3) is 0.500. The minimum atomic E-state index is -0.807. The van der Waals surface area contributed by atoms with Gasteiger partial charge in [0, 0.05) is 24.6 Å². The number of aliphatic carboxylic acids is 1. The number of rotatable bonds is 4. The number of benzene rings is 1. The van der Waals surface area contributed by atoms with Gasteiger partial charge in [0.05, 0.1) is 6.42 Å². The predicted molar refractivity (Wildman–Crippen MR) is 75.7 cm³/mol. The third-order valence-electron chi connectivity index (χ3n) is 4.48. The molecular formula is C16H19NO3. The molecule has 0 saturated heterocycles. The Hall–Kier alpha value is -1.84. The van der Waals surface area contributed by atoms with Crippen molar-refractivity contribution in [3.63, 3.8) is 0 Å². The molecule has 4 heteroatoms. The smallest absolute Gasteiger partial charge is 0.304 e. The van der Waals surface area contributed by atoms with Crippen molar-refractivity contribution in [2.24, 2.45) is 5.92 Å². The molecule has 1 aliphatic heterocycles. The average molecular weight is 273 g/mol. The van der Waals surface area contributed by atoms with E-state index in [0.717, 1.165) is 24.1 Å². The lowest BCUT2D eigenvalue weighted by molar-refractivity contribution is -0.137. The van der Waals surface area contributed by atoms with Crippen LogP contribution in [-0.4, -0.2) is 23.5 Å². The summed E-state index contributed by atoms with van der Waals surface area (Å²) < 4.78 is 0. The highest BCUT2D eigenvalue weighted by molar-refractivity contribution is 5.96. The van der Waals surface area contributed by atoms with Crippen LogP contribution in [0.3, 0.4) is 0 Å². The highest BCUT2D eigenvalue weighted by Crippen LogP contribution is 2.39. The Morgan fingerprint density at radius 2 is 1.95 bits per heavy atom. The van der Waals surface area contributed by atoms with E-state index in [1.54, 1.807) is 4.90 Å². The molecular weight excluding hydrogens is 254 g/mol. The van der Waals surface area contributed by atoms with E-state index in [-0.39, 0.29) is 18.2 Å². The van der Waals surface area contributed by atoms with Gasteiger partial charge in [-0.2, -0.15) is 0 Å². The lowest BCUT2D eigenvalue weighted by Crippen LogP contribution is -2.32. The van der Waals surface area contributed by atoms with E-state index in [2.05, 4.69) is 0 Å². The summed E-state index contributed by atoms with van der Waals surface area (Å²) >= 11 is 0. The number of carbonyl (C=O) groups excluding carboxylic acids is 1. The molecule has 0 aromatic heterocycles. The SMILES string of the molecule is O=C(O)CC1CN(C(=O)CC2CCC2)c2ccccc21. The first-order valence-electron chi connectivity index (χ1n) is 7.26. The Balaban J connectivity index is 1.78. The number of carboxylic acids is 1. The second-order valence-electron chi connectivity index (χ2n) is 5.86. The molecule has 3 rings (SSSR count). The molecule has 20 heavy (non-hydrogen) atoms. The number of hydrogen-bond acceptors (Lipinski definition) is 2. The number of carboxylic acid groups (broad SMARTS) is 1. The molecule has 1 N–H and O–H groups in total. The van der Waals surface area contributed by atoms with E-state index in [1.807, 2.05) is 24.3 Å². The zero-order valence-electron chi connectivity index (χ0n) is 11.4. The topological polar surface area (TPSA) is 57.6 Å². The Kier molecular flexibility index (Phi) is 3.47. The molecule has 0 spiro atoms. The molecule has 1 amide bonds. The fourth-order valence-electron chi connectivity index (χ4n) is 3.17. The standard InChI is InChI=1S/C16H19NO3/c18-15(8-11-4-3-5-11)17-10-12(9-16(19)20)13-6-1-2-7-14(13)17/h1-2,6-7,11-12H,3-5,8-10H2,(H,19,20). The third kappa shape index (κ3) is 2.42. The van der Waals surface area contributed by atoms with Gasteiger partial charge in [-0.15, -0.1) is 0 Å². The Bertz CT molecular complexity index is 536. The summed E-state index contributed by atoms with van der Waals surface area (Å²) in [6.45, 7) is 0.511. The lowest BCUT2D eigenvalue weighted by atomic mass is 9.82. The van der Waals surface area contributed by atoms with Crippen LogP contribution in [0.4, 0.5) is 5.69 Å². The second kappa shape index (κ2) is 5.27. The van der Waals surface area contributed by atoms with E-state index in [4.69, 9.17) is 5.11 Å². The normalized spacial score (nSPS) is 21.4. The zero-order valence-corrected chi connectivity index (χ0v) is 11.4. The van der Waals surface area contributed by atoms with Gasteiger partial charge in [-0.05, 0) is 30.4 Å². The molecule has 1 atom stereocenters. The third-order valence-corrected chi connectivity index (χ3v) is 4.48. The number of fused-ring (bicyclic) bond motifs is 1. The van der Waals surface area contributed by atoms with Crippen molar-refractivity contribution in [1.29, 1.82) is 0 Å². The fourth-order valence-corrected chi connectivity index (χ4v) is 3.17. The molecule has 1 unspecified atom stereocenters. The molecule has 1 fully saturated rings. The van der Waals surface area contributed by atoms with Crippen LogP contribution < -0.4 is 4.90 Å². The molecule has 1 aromatic carbocycles.